The summed E-state index contributed by atoms with van der Waals surface area (Å²) < 4.78 is 40.1. The van der Waals surface area contributed by atoms with E-state index in [4.69, 9.17) is 5.73 Å². The molecular formula is C12H13F2N5OS. The largest absolute Gasteiger partial charge is 0.396 e. The molecule has 0 bridgehead atoms. The summed E-state index contributed by atoms with van der Waals surface area (Å²) in [4.78, 5) is 0. The summed E-state index contributed by atoms with van der Waals surface area (Å²) >= 11 is 0. The highest BCUT2D eigenvalue weighted by molar-refractivity contribution is 7.85. The quantitative estimate of drug-likeness (QED) is 0.844. The van der Waals surface area contributed by atoms with Crippen molar-refractivity contribution in [2.75, 3.05) is 17.2 Å². The van der Waals surface area contributed by atoms with Gasteiger partial charge < -0.3 is 5.73 Å². The molecule has 1 fully saturated rings. The molecule has 2 N–H and O–H groups in total. The van der Waals surface area contributed by atoms with Crippen molar-refractivity contribution in [3.8, 4) is 11.4 Å². The van der Waals surface area contributed by atoms with Gasteiger partial charge in [0.1, 0.15) is 11.6 Å². The van der Waals surface area contributed by atoms with Crippen molar-refractivity contribution in [2.45, 2.75) is 18.9 Å². The van der Waals surface area contributed by atoms with Gasteiger partial charge in [-0.3, -0.25) is 4.21 Å². The molecule has 1 aliphatic rings. The Hall–Kier alpha value is -1.90. The normalized spacial score (nSPS) is 22.4. The van der Waals surface area contributed by atoms with E-state index in [1.165, 1.54) is 10.7 Å². The summed E-state index contributed by atoms with van der Waals surface area (Å²) in [5.74, 6) is -0.243. The van der Waals surface area contributed by atoms with Gasteiger partial charge in [-0.2, -0.15) is 0 Å². The Morgan fingerprint density at radius 3 is 2.67 bits per heavy atom. The maximum Gasteiger partial charge on any atom is 0.185 e. The Morgan fingerprint density at radius 1 is 1.24 bits per heavy atom. The number of nitrogens with zero attached hydrogens (tertiary/aromatic N) is 4. The Bertz CT molecular complexity index is 695. The first-order valence-electron chi connectivity index (χ1n) is 6.44. The molecule has 0 unspecified atom stereocenters. The van der Waals surface area contributed by atoms with E-state index in [9.17, 15) is 13.0 Å². The molecule has 21 heavy (non-hydrogen) atoms. The van der Waals surface area contributed by atoms with Crippen molar-refractivity contribution in [2.24, 2.45) is 0 Å². The average Bonchev–Trinajstić information content (AvgIpc) is 2.93. The van der Waals surface area contributed by atoms with Gasteiger partial charge in [-0.1, -0.05) is 0 Å². The molecule has 9 heteroatoms. The molecule has 2 aromatic rings. The number of aromatic nitrogens is 4. The molecule has 0 atom stereocenters. The van der Waals surface area contributed by atoms with Crippen LogP contribution in [0, 0.1) is 11.6 Å². The molecule has 1 saturated heterocycles. The smallest absolute Gasteiger partial charge is 0.185 e. The van der Waals surface area contributed by atoms with Gasteiger partial charge in [0.25, 0.3) is 0 Å². The Morgan fingerprint density at radius 2 is 1.95 bits per heavy atom. The number of nitrogens with two attached hydrogens (primary N) is 1. The third kappa shape index (κ3) is 2.65. The monoisotopic (exact) mass is 313 g/mol. The standard InChI is InChI=1S/C12H13F2N5OS/c13-9-6-10(14)11(15)5-8(9)12-16-17-18-19(12)7-1-3-21(20)4-2-7/h5-7H,1-4,15H2. The fourth-order valence-electron chi connectivity index (χ4n) is 2.38. The fourth-order valence-corrected chi connectivity index (χ4v) is 3.65. The van der Waals surface area contributed by atoms with Crippen molar-refractivity contribution in [3.05, 3.63) is 23.8 Å². The summed E-state index contributed by atoms with van der Waals surface area (Å²) in [5.41, 5.74) is 5.38. The fraction of sp³-hybridized carbons (Fsp3) is 0.417. The van der Waals surface area contributed by atoms with Crippen molar-refractivity contribution in [3.63, 3.8) is 0 Å². The van der Waals surface area contributed by atoms with Crippen LogP contribution in [0.4, 0.5) is 14.5 Å². The lowest BCUT2D eigenvalue weighted by Crippen LogP contribution is -2.23. The molecular weight excluding hydrogens is 300 g/mol. The van der Waals surface area contributed by atoms with E-state index in [1.807, 2.05) is 0 Å². The summed E-state index contributed by atoms with van der Waals surface area (Å²) in [6.07, 6.45) is 1.31. The Kier molecular flexibility index (Phi) is 3.66. The number of tetrazole rings is 1. The topological polar surface area (TPSA) is 86.7 Å². The van der Waals surface area contributed by atoms with E-state index in [-0.39, 0.29) is 23.1 Å². The van der Waals surface area contributed by atoms with E-state index in [0.29, 0.717) is 24.3 Å². The first kappa shape index (κ1) is 14.1. The van der Waals surface area contributed by atoms with E-state index < -0.39 is 22.4 Å². The van der Waals surface area contributed by atoms with Gasteiger partial charge in [-0.25, -0.2) is 13.5 Å². The minimum absolute atomic E-state index is 0.0432. The summed E-state index contributed by atoms with van der Waals surface area (Å²) in [7, 11) is -0.810. The molecule has 1 aromatic heterocycles. The highest BCUT2D eigenvalue weighted by Crippen LogP contribution is 2.29. The summed E-state index contributed by atoms with van der Waals surface area (Å²) in [6.45, 7) is 0. The van der Waals surface area contributed by atoms with E-state index >= 15 is 0 Å². The number of nitrogen functional groups attached to an aromatic ring is 1. The van der Waals surface area contributed by atoms with Crippen LogP contribution in [0.15, 0.2) is 12.1 Å². The van der Waals surface area contributed by atoms with E-state index in [0.717, 1.165) is 6.07 Å². The van der Waals surface area contributed by atoms with Crippen LogP contribution >= 0.6 is 0 Å². The van der Waals surface area contributed by atoms with Crippen LogP contribution in [0.3, 0.4) is 0 Å². The SMILES string of the molecule is Nc1cc(-c2nnnn2C2CCS(=O)CC2)c(F)cc1F. The van der Waals surface area contributed by atoms with Gasteiger partial charge in [0.05, 0.1) is 17.3 Å². The minimum Gasteiger partial charge on any atom is -0.396 e. The van der Waals surface area contributed by atoms with Crippen molar-refractivity contribution >= 4 is 16.5 Å². The van der Waals surface area contributed by atoms with Crippen LogP contribution in [0.5, 0.6) is 0 Å². The molecule has 0 aliphatic carbocycles. The number of anilines is 1. The highest BCUT2D eigenvalue weighted by atomic mass is 32.2. The number of rotatable bonds is 2. The zero-order valence-corrected chi connectivity index (χ0v) is 11.8. The van der Waals surface area contributed by atoms with E-state index in [1.54, 1.807) is 0 Å². The molecule has 0 amide bonds. The maximum atomic E-state index is 13.9. The molecule has 0 spiro atoms. The molecule has 6 nitrogen and oxygen atoms in total. The first-order chi connectivity index (χ1) is 10.1. The molecule has 112 valence electrons. The van der Waals surface area contributed by atoms with Crippen LogP contribution in [0.1, 0.15) is 18.9 Å². The van der Waals surface area contributed by atoms with Crippen molar-refractivity contribution < 1.29 is 13.0 Å². The highest BCUT2D eigenvalue weighted by Gasteiger charge is 2.25. The van der Waals surface area contributed by atoms with Crippen LogP contribution in [-0.2, 0) is 10.8 Å². The second-order valence-corrected chi connectivity index (χ2v) is 6.58. The van der Waals surface area contributed by atoms with E-state index in [2.05, 4.69) is 15.5 Å². The lowest BCUT2D eigenvalue weighted by Gasteiger charge is -2.22. The second kappa shape index (κ2) is 5.47. The van der Waals surface area contributed by atoms with Gasteiger partial charge in [0.15, 0.2) is 5.82 Å². The van der Waals surface area contributed by atoms with Crippen LogP contribution < -0.4 is 5.73 Å². The third-order valence-electron chi connectivity index (χ3n) is 3.52. The number of hydrogen-bond donors (Lipinski definition) is 1. The zero-order valence-electron chi connectivity index (χ0n) is 11.0. The maximum absolute atomic E-state index is 13.9. The number of halogens is 2. The molecule has 3 rings (SSSR count). The lowest BCUT2D eigenvalue weighted by molar-refractivity contribution is 0.415. The van der Waals surface area contributed by atoms with Gasteiger partial charge in [-0.15, -0.1) is 5.10 Å². The van der Waals surface area contributed by atoms with Gasteiger partial charge in [0, 0.05) is 28.4 Å². The zero-order chi connectivity index (χ0) is 15.0. The molecule has 1 aliphatic heterocycles. The van der Waals surface area contributed by atoms with Gasteiger partial charge >= 0.3 is 0 Å². The first-order valence-corrected chi connectivity index (χ1v) is 7.93. The second-order valence-electron chi connectivity index (χ2n) is 4.88. The third-order valence-corrected chi connectivity index (χ3v) is 4.91. The van der Waals surface area contributed by atoms with Gasteiger partial charge in [0.2, 0.25) is 0 Å². The Labute approximate surface area is 121 Å². The molecule has 0 saturated carbocycles. The minimum atomic E-state index is -0.816. The average molecular weight is 313 g/mol. The van der Waals surface area contributed by atoms with Gasteiger partial charge in [-0.05, 0) is 29.3 Å². The van der Waals surface area contributed by atoms with Crippen molar-refractivity contribution in [1.82, 2.24) is 20.2 Å². The number of benzene rings is 1. The molecule has 0 radical (unpaired) electrons. The van der Waals surface area contributed by atoms with Crippen LogP contribution in [0.25, 0.3) is 11.4 Å². The molecule has 2 heterocycles. The molecule has 1 aromatic carbocycles. The summed E-state index contributed by atoms with van der Waals surface area (Å²) in [6, 6.07) is 1.87. The van der Waals surface area contributed by atoms with Crippen LogP contribution in [-0.4, -0.2) is 35.9 Å². The summed E-state index contributed by atoms with van der Waals surface area (Å²) in [5, 5.41) is 11.3. The predicted molar refractivity (Wildman–Crippen MR) is 73.7 cm³/mol. The predicted octanol–water partition coefficient (Wildman–Crippen LogP) is 1.28. The lowest BCUT2D eigenvalue weighted by atomic mass is 10.1. The van der Waals surface area contributed by atoms with Crippen LogP contribution in [0.2, 0.25) is 0 Å². The Balaban J connectivity index is 1.99. The number of hydrogen-bond acceptors (Lipinski definition) is 5. The van der Waals surface area contributed by atoms with Crippen molar-refractivity contribution in [1.29, 1.82) is 0 Å².